The predicted octanol–water partition coefficient (Wildman–Crippen LogP) is 3.15. The van der Waals surface area contributed by atoms with Crippen molar-refractivity contribution >= 4 is 35.0 Å². The Morgan fingerprint density at radius 3 is 2.62 bits per heavy atom. The van der Waals surface area contributed by atoms with Crippen LogP contribution < -0.4 is 26.2 Å². The van der Waals surface area contributed by atoms with Crippen molar-refractivity contribution < 1.29 is 14.3 Å². The molecule has 0 saturated carbocycles. The smallest absolute Gasteiger partial charge is 0.258 e. The third kappa shape index (κ3) is 4.31. The Morgan fingerprint density at radius 2 is 1.91 bits per heavy atom. The molecule has 0 aliphatic carbocycles. The summed E-state index contributed by atoms with van der Waals surface area (Å²) in [6.45, 7) is 1.99. The molecular formula is C23H23N5O4. The molecule has 1 aliphatic rings. The van der Waals surface area contributed by atoms with Gasteiger partial charge in [-0.25, -0.2) is 0 Å². The van der Waals surface area contributed by atoms with E-state index in [0.717, 1.165) is 12.0 Å². The Kier molecular flexibility index (Phi) is 5.89. The first-order valence-corrected chi connectivity index (χ1v) is 10.2. The van der Waals surface area contributed by atoms with Crippen LogP contribution in [0.1, 0.15) is 30.4 Å². The van der Waals surface area contributed by atoms with Crippen molar-refractivity contribution in [2.24, 2.45) is 0 Å². The van der Waals surface area contributed by atoms with Crippen molar-refractivity contribution in [3.8, 4) is 5.75 Å². The van der Waals surface area contributed by atoms with Crippen molar-refractivity contribution in [3.05, 3.63) is 70.0 Å². The number of H-pyrrole nitrogens is 1. The van der Waals surface area contributed by atoms with Crippen LogP contribution in [0.5, 0.6) is 5.75 Å². The number of methoxy groups -OCH3 is 1. The fourth-order valence-electron chi connectivity index (χ4n) is 3.64. The molecule has 0 unspecified atom stereocenters. The largest absolute Gasteiger partial charge is 0.497 e. The van der Waals surface area contributed by atoms with E-state index in [1.165, 1.54) is 0 Å². The molecule has 4 rings (SSSR count). The summed E-state index contributed by atoms with van der Waals surface area (Å²) in [5.41, 5.74) is 1.94. The second kappa shape index (κ2) is 8.93. The number of nitrogens with one attached hydrogen (secondary N) is 4. The summed E-state index contributed by atoms with van der Waals surface area (Å²) in [7, 11) is 1.57. The second-order valence-corrected chi connectivity index (χ2v) is 7.34. The Balaban J connectivity index is 1.62. The minimum Gasteiger partial charge on any atom is -0.497 e. The zero-order valence-electron chi connectivity index (χ0n) is 17.7. The van der Waals surface area contributed by atoms with Gasteiger partial charge in [0.2, 0.25) is 17.8 Å². The number of hydrogen-bond donors (Lipinski definition) is 4. The lowest BCUT2D eigenvalue weighted by atomic mass is 9.92. The number of rotatable bonds is 6. The number of aromatic nitrogens is 2. The fraction of sp³-hybridized carbons (Fsp3) is 0.217. The molecule has 0 spiro atoms. The van der Waals surface area contributed by atoms with E-state index in [1.54, 1.807) is 37.4 Å². The van der Waals surface area contributed by atoms with Crippen molar-refractivity contribution in [3.63, 3.8) is 0 Å². The number of carbonyl (C=O) groups excluding carboxylic acids is 2. The molecule has 9 nitrogen and oxygen atoms in total. The predicted molar refractivity (Wildman–Crippen MR) is 122 cm³/mol. The molecular weight excluding hydrogens is 410 g/mol. The van der Waals surface area contributed by atoms with E-state index in [9.17, 15) is 14.4 Å². The summed E-state index contributed by atoms with van der Waals surface area (Å²) in [5.74, 6) is -0.843. The zero-order valence-corrected chi connectivity index (χ0v) is 17.7. The SMILES string of the molecule is CCc1ccccc1NC(=O)[C@H]1CC(=O)Nc2nc(Nc3ccc(OC)cc3)[nH]c(=O)c21. The van der Waals surface area contributed by atoms with Gasteiger partial charge in [-0.2, -0.15) is 4.98 Å². The highest BCUT2D eigenvalue weighted by molar-refractivity contribution is 6.04. The van der Waals surface area contributed by atoms with Crippen LogP contribution in [-0.2, 0) is 16.0 Å². The van der Waals surface area contributed by atoms with E-state index in [1.807, 2.05) is 25.1 Å². The van der Waals surface area contributed by atoms with Gasteiger partial charge in [0.05, 0.1) is 18.6 Å². The maximum atomic E-state index is 13.0. The molecule has 32 heavy (non-hydrogen) atoms. The average molecular weight is 433 g/mol. The molecule has 0 bridgehead atoms. The number of ether oxygens (including phenoxy) is 1. The van der Waals surface area contributed by atoms with Crippen LogP contribution in [0.15, 0.2) is 53.3 Å². The van der Waals surface area contributed by atoms with Crippen molar-refractivity contribution in [1.82, 2.24) is 9.97 Å². The molecule has 9 heteroatoms. The molecule has 2 heterocycles. The summed E-state index contributed by atoms with van der Waals surface area (Å²) in [5, 5.41) is 8.45. The highest BCUT2D eigenvalue weighted by atomic mass is 16.5. The van der Waals surface area contributed by atoms with Gasteiger partial charge in [0, 0.05) is 17.8 Å². The Labute approximate surface area is 184 Å². The summed E-state index contributed by atoms with van der Waals surface area (Å²) in [6, 6.07) is 14.5. The molecule has 2 aromatic carbocycles. The molecule has 4 N–H and O–H groups in total. The molecule has 3 aromatic rings. The maximum Gasteiger partial charge on any atom is 0.258 e. The molecule has 2 amide bonds. The minimum absolute atomic E-state index is 0.0740. The van der Waals surface area contributed by atoms with Gasteiger partial charge in [0.15, 0.2) is 0 Å². The van der Waals surface area contributed by atoms with Gasteiger partial charge in [0.25, 0.3) is 5.56 Å². The van der Waals surface area contributed by atoms with E-state index in [2.05, 4.69) is 25.9 Å². The Morgan fingerprint density at radius 1 is 1.16 bits per heavy atom. The van der Waals surface area contributed by atoms with Crippen LogP contribution >= 0.6 is 0 Å². The van der Waals surface area contributed by atoms with Gasteiger partial charge >= 0.3 is 0 Å². The van der Waals surface area contributed by atoms with E-state index >= 15 is 0 Å². The van der Waals surface area contributed by atoms with Gasteiger partial charge < -0.3 is 20.7 Å². The van der Waals surface area contributed by atoms with Crippen molar-refractivity contribution in [2.75, 3.05) is 23.1 Å². The number of anilines is 4. The zero-order chi connectivity index (χ0) is 22.7. The van der Waals surface area contributed by atoms with Crippen molar-refractivity contribution in [1.29, 1.82) is 0 Å². The van der Waals surface area contributed by atoms with Crippen LogP contribution in [0.4, 0.5) is 23.1 Å². The number of amides is 2. The summed E-state index contributed by atoms with van der Waals surface area (Å²) in [6.07, 6.45) is 0.601. The van der Waals surface area contributed by atoms with Gasteiger partial charge in [-0.3, -0.25) is 19.4 Å². The van der Waals surface area contributed by atoms with Crippen molar-refractivity contribution in [2.45, 2.75) is 25.7 Å². The number of aryl methyl sites for hydroxylation is 1. The lowest BCUT2D eigenvalue weighted by Gasteiger charge is -2.24. The Hall–Kier alpha value is -4.14. The maximum absolute atomic E-state index is 13.0. The topological polar surface area (TPSA) is 125 Å². The van der Waals surface area contributed by atoms with Gasteiger partial charge in [-0.05, 0) is 42.3 Å². The number of nitrogens with zero attached hydrogens (tertiary/aromatic N) is 1. The molecule has 1 atom stereocenters. The van der Waals surface area contributed by atoms with Gasteiger partial charge in [-0.1, -0.05) is 25.1 Å². The number of benzene rings is 2. The fourth-order valence-corrected chi connectivity index (χ4v) is 3.64. The number of hydrogen-bond acceptors (Lipinski definition) is 6. The first kappa shape index (κ1) is 21.1. The minimum atomic E-state index is -0.949. The summed E-state index contributed by atoms with van der Waals surface area (Å²) in [4.78, 5) is 45.2. The van der Waals surface area contributed by atoms with E-state index in [0.29, 0.717) is 17.1 Å². The van der Waals surface area contributed by atoms with Crippen LogP contribution in [0.25, 0.3) is 0 Å². The highest BCUT2D eigenvalue weighted by Gasteiger charge is 2.35. The molecule has 164 valence electrons. The molecule has 1 aliphatic heterocycles. The number of fused-ring (bicyclic) bond motifs is 1. The Bertz CT molecular complexity index is 1220. The quantitative estimate of drug-likeness (QED) is 0.473. The first-order valence-electron chi connectivity index (χ1n) is 10.2. The molecule has 1 aromatic heterocycles. The van der Waals surface area contributed by atoms with Gasteiger partial charge in [-0.15, -0.1) is 0 Å². The van der Waals surface area contributed by atoms with Crippen LogP contribution in [-0.4, -0.2) is 28.9 Å². The highest BCUT2D eigenvalue weighted by Crippen LogP contribution is 2.30. The second-order valence-electron chi connectivity index (χ2n) is 7.34. The van der Waals surface area contributed by atoms with Crippen LogP contribution in [0, 0.1) is 0 Å². The molecule has 0 saturated heterocycles. The van der Waals surface area contributed by atoms with E-state index in [4.69, 9.17) is 4.74 Å². The first-order chi connectivity index (χ1) is 15.5. The number of para-hydroxylation sites is 1. The van der Waals surface area contributed by atoms with Crippen LogP contribution in [0.2, 0.25) is 0 Å². The normalized spacial score (nSPS) is 14.8. The summed E-state index contributed by atoms with van der Waals surface area (Å²) < 4.78 is 5.13. The van der Waals surface area contributed by atoms with E-state index < -0.39 is 17.4 Å². The lowest BCUT2D eigenvalue weighted by molar-refractivity contribution is -0.123. The summed E-state index contributed by atoms with van der Waals surface area (Å²) >= 11 is 0. The lowest BCUT2D eigenvalue weighted by Crippen LogP contribution is -2.36. The van der Waals surface area contributed by atoms with Gasteiger partial charge in [0.1, 0.15) is 11.6 Å². The van der Waals surface area contributed by atoms with Crippen LogP contribution in [0.3, 0.4) is 0 Å². The number of carbonyl (C=O) groups is 2. The third-order valence-corrected chi connectivity index (χ3v) is 5.28. The average Bonchev–Trinajstić information content (AvgIpc) is 2.79. The molecule has 0 radical (unpaired) electrons. The number of aromatic amines is 1. The van der Waals surface area contributed by atoms with E-state index in [-0.39, 0.29) is 29.7 Å². The monoisotopic (exact) mass is 433 g/mol. The molecule has 0 fully saturated rings. The standard InChI is InChI=1S/C23H23N5O4/c1-3-13-6-4-5-7-17(13)25-21(30)16-12-18(29)26-20-19(16)22(31)28-23(27-20)24-14-8-10-15(32-2)11-9-14/h4-11,16H,3,12H2,1-2H3,(H,25,30)(H3,24,26,27,28,29,31)/t16-/m0/s1. The third-order valence-electron chi connectivity index (χ3n) is 5.28.